The molecule has 1 radical (unpaired) electrons. The van der Waals surface area contributed by atoms with Crippen LogP contribution in [0.25, 0.3) is 0 Å². The van der Waals surface area contributed by atoms with Gasteiger partial charge in [0.1, 0.15) is 0 Å². The van der Waals surface area contributed by atoms with Crippen LogP contribution in [0.3, 0.4) is 0 Å². The minimum absolute atomic E-state index is 0. The third-order valence-corrected chi connectivity index (χ3v) is 2.34. The second-order valence-electron chi connectivity index (χ2n) is 3.50. The molecular weight excluding hydrogens is 187 g/mol. The first kappa shape index (κ1) is 14.5. The number of nitrogens with zero attached hydrogens (tertiary/aromatic N) is 2. The second-order valence-corrected chi connectivity index (χ2v) is 3.50. The Bertz CT molecular complexity index is 252. The SMILES string of the molecule is CN1CCN(CCC#CC(=O)O)CC1.[Li]. The van der Waals surface area contributed by atoms with E-state index in [1.165, 1.54) is 0 Å². The minimum Gasteiger partial charge on any atom is -0.472 e. The number of hydrogen-bond donors (Lipinski definition) is 1. The van der Waals surface area contributed by atoms with Crippen molar-refractivity contribution in [1.29, 1.82) is 0 Å². The van der Waals surface area contributed by atoms with Crippen LogP contribution in [-0.4, -0.2) is 79.5 Å². The molecule has 0 aromatic heterocycles. The number of hydrogen-bond acceptors (Lipinski definition) is 3. The van der Waals surface area contributed by atoms with E-state index >= 15 is 0 Å². The zero-order chi connectivity index (χ0) is 10.4. The predicted octanol–water partition coefficient (Wildman–Crippen LogP) is -0.669. The third kappa shape index (κ3) is 6.60. The second kappa shape index (κ2) is 7.79. The van der Waals surface area contributed by atoms with E-state index in [1.807, 2.05) is 0 Å². The number of aliphatic carboxylic acids is 1. The predicted molar refractivity (Wildman–Crippen MR) is 59.7 cm³/mol. The van der Waals surface area contributed by atoms with Gasteiger partial charge >= 0.3 is 5.97 Å². The molecule has 4 nitrogen and oxygen atoms in total. The van der Waals surface area contributed by atoms with Crippen LogP contribution < -0.4 is 0 Å². The Labute approximate surface area is 103 Å². The number of likely N-dealkylation sites (N-methyl/N-ethyl adjacent to an activating group) is 1. The van der Waals surface area contributed by atoms with Crippen LogP contribution in [0.2, 0.25) is 0 Å². The fourth-order valence-electron chi connectivity index (χ4n) is 1.42. The smallest absolute Gasteiger partial charge is 0.381 e. The van der Waals surface area contributed by atoms with Crippen molar-refractivity contribution in [3.8, 4) is 11.8 Å². The molecule has 5 heteroatoms. The molecule has 1 heterocycles. The van der Waals surface area contributed by atoms with E-state index in [0.29, 0.717) is 6.42 Å². The maximum absolute atomic E-state index is 10.1. The molecule has 0 atom stereocenters. The van der Waals surface area contributed by atoms with Crippen molar-refractivity contribution in [2.45, 2.75) is 6.42 Å². The summed E-state index contributed by atoms with van der Waals surface area (Å²) in [5.74, 6) is 3.72. The number of carbonyl (C=O) groups is 1. The van der Waals surface area contributed by atoms with Gasteiger partial charge in [-0.1, -0.05) is 5.92 Å². The Morgan fingerprint density at radius 1 is 1.33 bits per heavy atom. The molecule has 0 aliphatic carbocycles. The van der Waals surface area contributed by atoms with E-state index < -0.39 is 5.97 Å². The third-order valence-electron chi connectivity index (χ3n) is 2.34. The van der Waals surface area contributed by atoms with Gasteiger partial charge in [-0.15, -0.1) is 0 Å². The molecule has 79 valence electrons. The van der Waals surface area contributed by atoms with Crippen molar-refractivity contribution in [1.82, 2.24) is 9.80 Å². The van der Waals surface area contributed by atoms with Crippen molar-refractivity contribution in [3.05, 3.63) is 0 Å². The van der Waals surface area contributed by atoms with E-state index in [4.69, 9.17) is 5.11 Å². The van der Waals surface area contributed by atoms with Crippen LogP contribution >= 0.6 is 0 Å². The fourth-order valence-corrected chi connectivity index (χ4v) is 1.42. The molecule has 1 fully saturated rings. The van der Waals surface area contributed by atoms with E-state index in [1.54, 1.807) is 0 Å². The molecule has 15 heavy (non-hydrogen) atoms. The molecule has 1 N–H and O–H groups in total. The maximum atomic E-state index is 10.1. The molecule has 0 unspecified atom stereocenters. The Morgan fingerprint density at radius 3 is 2.47 bits per heavy atom. The summed E-state index contributed by atoms with van der Waals surface area (Å²) in [4.78, 5) is 14.7. The average molecular weight is 203 g/mol. The molecule has 0 aromatic carbocycles. The monoisotopic (exact) mass is 203 g/mol. The van der Waals surface area contributed by atoms with Gasteiger partial charge in [-0.25, -0.2) is 4.79 Å². The van der Waals surface area contributed by atoms with E-state index in [2.05, 4.69) is 28.7 Å². The Hall–Kier alpha value is -0.453. The molecule has 0 saturated carbocycles. The quantitative estimate of drug-likeness (QED) is 0.477. The van der Waals surface area contributed by atoms with E-state index in [-0.39, 0.29) is 18.9 Å². The molecule has 0 aromatic rings. The van der Waals surface area contributed by atoms with Crippen LogP contribution in [-0.2, 0) is 4.79 Å². The molecule has 1 saturated heterocycles. The van der Waals surface area contributed by atoms with Gasteiger partial charge in [-0.05, 0) is 7.05 Å². The van der Waals surface area contributed by atoms with Gasteiger partial charge in [0.2, 0.25) is 0 Å². The molecule has 0 spiro atoms. The van der Waals surface area contributed by atoms with Crippen molar-refractivity contribution in [2.75, 3.05) is 39.8 Å². The summed E-state index contributed by atoms with van der Waals surface area (Å²) >= 11 is 0. The summed E-state index contributed by atoms with van der Waals surface area (Å²) in [6.45, 7) is 5.18. The van der Waals surface area contributed by atoms with Crippen molar-refractivity contribution in [3.63, 3.8) is 0 Å². The Balaban J connectivity index is 0.00000196. The Morgan fingerprint density at radius 2 is 1.93 bits per heavy atom. The largest absolute Gasteiger partial charge is 0.472 e. The van der Waals surface area contributed by atoms with Gasteiger partial charge in [-0.2, -0.15) is 0 Å². The minimum atomic E-state index is -1.04. The summed E-state index contributed by atoms with van der Waals surface area (Å²) in [6.07, 6.45) is 0.649. The Kier molecular flexibility index (Phi) is 7.55. The number of carboxylic acids is 1. The number of rotatable bonds is 2. The normalized spacial score (nSPS) is 17.4. The molecular formula is C10H16LiN2O2. The topological polar surface area (TPSA) is 43.8 Å². The summed E-state index contributed by atoms with van der Waals surface area (Å²) in [5.41, 5.74) is 0. The molecule has 1 aliphatic rings. The van der Waals surface area contributed by atoms with Gasteiger partial charge in [-0.3, -0.25) is 4.90 Å². The van der Waals surface area contributed by atoms with E-state index in [0.717, 1.165) is 32.7 Å². The van der Waals surface area contributed by atoms with Crippen LogP contribution in [0.5, 0.6) is 0 Å². The fraction of sp³-hybridized carbons (Fsp3) is 0.700. The molecule has 1 aliphatic heterocycles. The molecule has 1 rings (SSSR count). The summed E-state index contributed by atoms with van der Waals surface area (Å²) < 4.78 is 0. The van der Waals surface area contributed by atoms with Gasteiger partial charge in [0.05, 0.1) is 0 Å². The number of piperazine rings is 1. The maximum Gasteiger partial charge on any atom is 0.381 e. The first-order chi connectivity index (χ1) is 6.68. The van der Waals surface area contributed by atoms with Crippen molar-refractivity contribution < 1.29 is 9.90 Å². The number of carboxylic acid groups (broad SMARTS) is 1. The van der Waals surface area contributed by atoms with Crippen LogP contribution in [0.1, 0.15) is 6.42 Å². The van der Waals surface area contributed by atoms with Crippen molar-refractivity contribution >= 4 is 24.8 Å². The summed E-state index contributed by atoms with van der Waals surface area (Å²) in [7, 11) is 2.11. The van der Waals surface area contributed by atoms with Crippen LogP contribution in [0.4, 0.5) is 0 Å². The standard InChI is InChI=1S/C10H16N2O2.Li/c1-11-6-8-12(9-7-11)5-3-2-4-10(13)14;/h3,5-9H2,1H3,(H,13,14);. The van der Waals surface area contributed by atoms with Gasteiger partial charge in [0.15, 0.2) is 0 Å². The molecule has 0 bridgehead atoms. The zero-order valence-electron chi connectivity index (χ0n) is 9.49. The van der Waals surface area contributed by atoms with Gasteiger partial charge < -0.3 is 10.0 Å². The van der Waals surface area contributed by atoms with Gasteiger partial charge in [0, 0.05) is 63.9 Å². The van der Waals surface area contributed by atoms with Crippen LogP contribution in [0.15, 0.2) is 0 Å². The van der Waals surface area contributed by atoms with Gasteiger partial charge in [0.25, 0.3) is 0 Å². The first-order valence-corrected chi connectivity index (χ1v) is 4.81. The first-order valence-electron chi connectivity index (χ1n) is 4.81. The summed E-state index contributed by atoms with van der Waals surface area (Å²) in [6, 6.07) is 0. The zero-order valence-corrected chi connectivity index (χ0v) is 9.49. The summed E-state index contributed by atoms with van der Waals surface area (Å²) in [5, 5.41) is 8.29. The van der Waals surface area contributed by atoms with Crippen LogP contribution in [0, 0.1) is 11.8 Å². The molecule has 0 amide bonds. The van der Waals surface area contributed by atoms with E-state index in [9.17, 15) is 4.79 Å². The average Bonchev–Trinajstić information content (AvgIpc) is 2.15. The van der Waals surface area contributed by atoms with Crippen molar-refractivity contribution in [2.24, 2.45) is 0 Å².